The number of amides is 1. The number of rotatable bonds is 5. The van der Waals surface area contributed by atoms with Gasteiger partial charge in [0.15, 0.2) is 0 Å². The number of benzene rings is 1. The van der Waals surface area contributed by atoms with E-state index in [1.807, 2.05) is 0 Å². The van der Waals surface area contributed by atoms with Crippen molar-refractivity contribution < 1.29 is 19.4 Å². The zero-order valence-corrected chi connectivity index (χ0v) is 10.4. The lowest BCUT2D eigenvalue weighted by Gasteiger charge is -2.14. The number of carboxylic acid groups (broad SMARTS) is 1. The Morgan fingerprint density at radius 2 is 2.26 bits per heavy atom. The van der Waals surface area contributed by atoms with Crippen LogP contribution in [0.2, 0.25) is 0 Å². The van der Waals surface area contributed by atoms with Crippen molar-refractivity contribution in [3.05, 3.63) is 29.3 Å². The number of carbonyl (C=O) groups is 2. The van der Waals surface area contributed by atoms with Crippen molar-refractivity contribution in [3.8, 4) is 0 Å². The molecule has 1 saturated heterocycles. The summed E-state index contributed by atoms with van der Waals surface area (Å²) in [5.41, 5.74) is 6.09. The van der Waals surface area contributed by atoms with Crippen molar-refractivity contribution in [3.63, 3.8) is 0 Å². The number of ether oxygens (including phenoxy) is 1. The number of nitrogens with one attached hydrogen (secondary N) is 1. The van der Waals surface area contributed by atoms with Crippen LogP contribution >= 0.6 is 0 Å². The molecule has 2 rings (SSSR count). The van der Waals surface area contributed by atoms with E-state index in [2.05, 4.69) is 5.32 Å². The Morgan fingerprint density at radius 3 is 2.84 bits per heavy atom. The molecule has 1 aromatic carbocycles. The van der Waals surface area contributed by atoms with E-state index in [4.69, 9.17) is 15.6 Å². The molecule has 1 aromatic rings. The van der Waals surface area contributed by atoms with Crippen LogP contribution in [0.5, 0.6) is 0 Å². The first-order valence-electron chi connectivity index (χ1n) is 6.10. The van der Waals surface area contributed by atoms with Gasteiger partial charge in [-0.2, -0.15) is 0 Å². The molecule has 1 heterocycles. The Hall–Kier alpha value is -2.08. The van der Waals surface area contributed by atoms with Gasteiger partial charge in [0.25, 0.3) is 5.91 Å². The summed E-state index contributed by atoms with van der Waals surface area (Å²) in [7, 11) is 0. The molecule has 0 spiro atoms. The molecule has 0 bridgehead atoms. The van der Waals surface area contributed by atoms with Crippen LogP contribution in [-0.2, 0) is 4.74 Å². The molecule has 102 valence electrons. The van der Waals surface area contributed by atoms with Gasteiger partial charge in [0.2, 0.25) is 0 Å². The van der Waals surface area contributed by atoms with Gasteiger partial charge in [-0.25, -0.2) is 4.79 Å². The van der Waals surface area contributed by atoms with Crippen molar-refractivity contribution >= 4 is 17.6 Å². The number of carboxylic acids is 1. The minimum atomic E-state index is -1.05. The monoisotopic (exact) mass is 264 g/mol. The third-order valence-electron chi connectivity index (χ3n) is 3.08. The van der Waals surface area contributed by atoms with Crippen molar-refractivity contribution in [2.24, 2.45) is 5.73 Å². The largest absolute Gasteiger partial charge is 0.478 e. The summed E-state index contributed by atoms with van der Waals surface area (Å²) in [4.78, 5) is 22.2. The zero-order valence-electron chi connectivity index (χ0n) is 10.4. The summed E-state index contributed by atoms with van der Waals surface area (Å²) < 4.78 is 5.46. The number of primary amides is 1. The maximum atomic E-state index is 11.3. The average molecular weight is 264 g/mol. The van der Waals surface area contributed by atoms with Crippen LogP contribution in [0.25, 0.3) is 0 Å². The molecule has 1 amide bonds. The van der Waals surface area contributed by atoms with E-state index in [0.717, 1.165) is 19.4 Å². The van der Waals surface area contributed by atoms with Gasteiger partial charge in [-0.1, -0.05) is 0 Å². The predicted octanol–water partition coefficient (Wildman–Crippen LogP) is 1.07. The summed E-state index contributed by atoms with van der Waals surface area (Å²) in [5, 5.41) is 12.0. The molecule has 0 radical (unpaired) electrons. The molecule has 1 atom stereocenters. The quantitative estimate of drug-likeness (QED) is 0.738. The lowest BCUT2D eigenvalue weighted by molar-refractivity contribution is 0.0696. The molecule has 19 heavy (non-hydrogen) atoms. The Bertz CT molecular complexity index is 495. The summed E-state index contributed by atoms with van der Waals surface area (Å²) in [6.45, 7) is 1.27. The molecule has 0 aliphatic carbocycles. The number of aromatic carboxylic acids is 1. The van der Waals surface area contributed by atoms with Gasteiger partial charge >= 0.3 is 5.97 Å². The molecule has 0 saturated carbocycles. The van der Waals surface area contributed by atoms with Gasteiger partial charge in [-0.05, 0) is 31.0 Å². The predicted molar refractivity (Wildman–Crippen MR) is 69.4 cm³/mol. The Morgan fingerprint density at radius 1 is 1.47 bits per heavy atom. The van der Waals surface area contributed by atoms with E-state index in [0.29, 0.717) is 12.2 Å². The smallest absolute Gasteiger partial charge is 0.335 e. The molecule has 6 nitrogen and oxygen atoms in total. The van der Waals surface area contributed by atoms with Crippen LogP contribution in [0.3, 0.4) is 0 Å². The van der Waals surface area contributed by atoms with Gasteiger partial charge in [0, 0.05) is 18.8 Å². The second kappa shape index (κ2) is 5.71. The van der Waals surface area contributed by atoms with Crippen molar-refractivity contribution in [1.29, 1.82) is 0 Å². The van der Waals surface area contributed by atoms with Crippen LogP contribution in [0.4, 0.5) is 5.69 Å². The van der Waals surface area contributed by atoms with Crippen LogP contribution in [0.1, 0.15) is 33.6 Å². The number of hydrogen-bond donors (Lipinski definition) is 3. The highest BCUT2D eigenvalue weighted by Crippen LogP contribution is 2.19. The Balaban J connectivity index is 2.16. The van der Waals surface area contributed by atoms with Crippen molar-refractivity contribution in [1.82, 2.24) is 0 Å². The molecule has 4 N–H and O–H groups in total. The molecule has 1 aliphatic rings. The SMILES string of the molecule is NC(=O)c1ccc(C(=O)O)cc1NCC1CCCO1. The topological polar surface area (TPSA) is 102 Å². The molecule has 1 fully saturated rings. The van der Waals surface area contributed by atoms with Gasteiger partial charge < -0.3 is 20.9 Å². The zero-order chi connectivity index (χ0) is 13.8. The number of hydrogen-bond acceptors (Lipinski definition) is 4. The lowest BCUT2D eigenvalue weighted by atomic mass is 10.1. The van der Waals surface area contributed by atoms with Crippen molar-refractivity contribution in [2.45, 2.75) is 18.9 Å². The second-order valence-corrected chi connectivity index (χ2v) is 4.45. The Kier molecular flexibility index (Phi) is 4.01. The van der Waals surface area contributed by atoms with Crippen LogP contribution in [0.15, 0.2) is 18.2 Å². The van der Waals surface area contributed by atoms with E-state index in [1.54, 1.807) is 0 Å². The molecular formula is C13H16N2O4. The molecule has 0 aromatic heterocycles. The van der Waals surface area contributed by atoms with Crippen molar-refractivity contribution in [2.75, 3.05) is 18.5 Å². The second-order valence-electron chi connectivity index (χ2n) is 4.45. The maximum absolute atomic E-state index is 11.3. The first kappa shape index (κ1) is 13.4. The number of nitrogens with two attached hydrogens (primary N) is 1. The number of anilines is 1. The first-order valence-corrected chi connectivity index (χ1v) is 6.10. The van der Waals surface area contributed by atoms with Gasteiger partial charge in [-0.3, -0.25) is 4.79 Å². The fourth-order valence-electron chi connectivity index (χ4n) is 2.07. The van der Waals surface area contributed by atoms with E-state index in [9.17, 15) is 9.59 Å². The fourth-order valence-corrected chi connectivity index (χ4v) is 2.07. The maximum Gasteiger partial charge on any atom is 0.335 e. The third kappa shape index (κ3) is 3.23. The van der Waals surface area contributed by atoms with E-state index in [-0.39, 0.29) is 17.2 Å². The standard InChI is InChI=1S/C13H16N2O4/c14-12(16)10-4-3-8(13(17)18)6-11(10)15-7-9-2-1-5-19-9/h3-4,6,9,15H,1-2,5,7H2,(H2,14,16)(H,17,18). The summed E-state index contributed by atoms with van der Waals surface area (Å²) in [6, 6.07) is 4.20. The average Bonchev–Trinajstić information content (AvgIpc) is 2.88. The minimum absolute atomic E-state index is 0.0919. The Labute approximate surface area is 110 Å². The normalized spacial score (nSPS) is 18.2. The highest BCUT2D eigenvalue weighted by molar-refractivity contribution is 6.00. The van der Waals surface area contributed by atoms with Gasteiger partial charge in [0.1, 0.15) is 0 Å². The van der Waals surface area contributed by atoms with E-state index >= 15 is 0 Å². The van der Waals surface area contributed by atoms with Crippen LogP contribution in [-0.4, -0.2) is 36.2 Å². The van der Waals surface area contributed by atoms with E-state index in [1.165, 1.54) is 18.2 Å². The third-order valence-corrected chi connectivity index (χ3v) is 3.08. The fraction of sp³-hybridized carbons (Fsp3) is 0.385. The number of carbonyl (C=O) groups excluding carboxylic acids is 1. The van der Waals surface area contributed by atoms with Gasteiger partial charge in [-0.15, -0.1) is 0 Å². The molecule has 1 unspecified atom stereocenters. The first-order chi connectivity index (χ1) is 9.08. The van der Waals surface area contributed by atoms with Crippen LogP contribution in [0, 0.1) is 0 Å². The van der Waals surface area contributed by atoms with Crippen LogP contribution < -0.4 is 11.1 Å². The summed E-state index contributed by atoms with van der Waals surface area (Å²) in [6.07, 6.45) is 2.07. The highest BCUT2D eigenvalue weighted by Gasteiger charge is 2.17. The molecule has 1 aliphatic heterocycles. The van der Waals surface area contributed by atoms with Gasteiger partial charge in [0.05, 0.1) is 17.2 Å². The van der Waals surface area contributed by atoms with E-state index < -0.39 is 11.9 Å². The summed E-state index contributed by atoms with van der Waals surface area (Å²) in [5.74, 6) is -1.64. The lowest BCUT2D eigenvalue weighted by Crippen LogP contribution is -2.21. The highest BCUT2D eigenvalue weighted by atomic mass is 16.5. The summed E-state index contributed by atoms with van der Waals surface area (Å²) >= 11 is 0. The molecular weight excluding hydrogens is 248 g/mol. The minimum Gasteiger partial charge on any atom is -0.478 e. The molecule has 6 heteroatoms.